The number of benzene rings is 1. The van der Waals surface area contributed by atoms with Crippen LogP contribution in [0.25, 0.3) is 11.1 Å². The second-order valence-electron chi connectivity index (χ2n) is 9.08. The molecule has 2 amide bonds. The first-order chi connectivity index (χ1) is 17.0. The number of aromatic nitrogens is 1. The van der Waals surface area contributed by atoms with Crippen molar-refractivity contribution in [2.24, 2.45) is 0 Å². The number of amides is 2. The van der Waals surface area contributed by atoms with E-state index in [0.29, 0.717) is 20.5 Å². The van der Waals surface area contributed by atoms with E-state index in [2.05, 4.69) is 10.3 Å². The Morgan fingerprint density at radius 2 is 2.06 bits per heavy atom. The summed E-state index contributed by atoms with van der Waals surface area (Å²) in [4.78, 5) is 41.8. The van der Waals surface area contributed by atoms with Crippen molar-refractivity contribution in [1.82, 2.24) is 10.3 Å². The monoisotopic (exact) mass is 531 g/mol. The second-order valence-corrected chi connectivity index (χ2v) is 10.8. The Kier molecular flexibility index (Phi) is 7.39. The number of anilines is 1. The molecule has 2 aromatic heterocycles. The van der Waals surface area contributed by atoms with Gasteiger partial charge in [0, 0.05) is 17.4 Å². The Balaban J connectivity index is 1.48. The fraction of sp³-hybridized carbons (Fsp3) is 0.320. The van der Waals surface area contributed by atoms with Gasteiger partial charge >= 0.3 is 6.09 Å². The van der Waals surface area contributed by atoms with E-state index in [1.807, 2.05) is 13.0 Å². The maximum atomic E-state index is 12.5. The molecular weight excluding hydrogens is 506 g/mol. The molecule has 1 aliphatic rings. The number of aromatic amines is 1. The molecule has 3 heterocycles. The summed E-state index contributed by atoms with van der Waals surface area (Å²) in [6, 6.07) is 10.4. The molecule has 4 rings (SSSR count). The minimum Gasteiger partial charge on any atom is -0.484 e. The molecule has 1 atom stereocenters. The number of aryl methyl sites for hydroxylation is 1. The van der Waals surface area contributed by atoms with E-state index >= 15 is 0 Å². The van der Waals surface area contributed by atoms with Crippen LogP contribution in [0.15, 0.2) is 47.4 Å². The van der Waals surface area contributed by atoms with Gasteiger partial charge in [-0.05, 0) is 62.2 Å². The minimum atomic E-state index is -1.11. The number of carbonyl (C=O) groups is 2. The third-order valence-electron chi connectivity index (χ3n) is 5.46. The maximum absolute atomic E-state index is 12.5. The van der Waals surface area contributed by atoms with Crippen molar-refractivity contribution in [2.45, 2.75) is 32.5 Å². The lowest BCUT2D eigenvalue weighted by Gasteiger charge is -2.20. The number of H-pyrrole nitrogens is 1. The van der Waals surface area contributed by atoms with Gasteiger partial charge in [-0.15, -0.1) is 11.3 Å². The zero-order valence-electron chi connectivity index (χ0n) is 20.0. The fourth-order valence-electron chi connectivity index (χ4n) is 3.75. The number of hydrogen-bond acceptors (Lipinski definition) is 7. The molecule has 0 bridgehead atoms. The van der Waals surface area contributed by atoms with Crippen LogP contribution in [-0.4, -0.2) is 53.5 Å². The van der Waals surface area contributed by atoms with Crippen LogP contribution in [0, 0.1) is 6.92 Å². The predicted molar refractivity (Wildman–Crippen MR) is 138 cm³/mol. The minimum absolute atomic E-state index is 0.0543. The Hall–Kier alpha value is -3.34. The molecule has 1 aromatic carbocycles. The third-order valence-corrected chi connectivity index (χ3v) is 6.69. The number of nitrogens with zero attached hydrogens (tertiary/aromatic N) is 1. The van der Waals surface area contributed by atoms with E-state index in [1.165, 1.54) is 22.4 Å². The van der Waals surface area contributed by atoms with Gasteiger partial charge < -0.3 is 24.9 Å². The van der Waals surface area contributed by atoms with Crippen LogP contribution in [0.4, 0.5) is 10.5 Å². The Morgan fingerprint density at radius 3 is 2.72 bits per heavy atom. The number of nitrogens with one attached hydrogen (secondary N) is 2. The average Bonchev–Trinajstić information content (AvgIpc) is 3.41. The van der Waals surface area contributed by atoms with Crippen LogP contribution in [0.5, 0.6) is 5.75 Å². The van der Waals surface area contributed by atoms with Crippen molar-refractivity contribution in [3.63, 3.8) is 0 Å². The third kappa shape index (κ3) is 5.89. The van der Waals surface area contributed by atoms with Gasteiger partial charge in [0.05, 0.1) is 27.9 Å². The Labute approximate surface area is 216 Å². The number of cyclic esters (lactones) is 1. The standard InChI is InChI=1S/C25H26ClN3O6S/c1-14-10-15(4-5-17(14)18-8-9-27-23(31)21(18)34-13-25(2,3)33)29-12-16(35-24(29)32)11-28-22(30)19-6-7-20(26)36-19/h4-10,16,33H,11-13H2,1-3H3,(H,27,31)(H,28,30)/t16-/m0/s1. The molecule has 0 unspecified atom stereocenters. The molecule has 3 N–H and O–H groups in total. The van der Waals surface area contributed by atoms with Crippen LogP contribution in [0.1, 0.15) is 29.1 Å². The number of rotatable bonds is 8. The number of carbonyl (C=O) groups excluding carboxylic acids is 2. The van der Waals surface area contributed by atoms with Crippen LogP contribution in [-0.2, 0) is 4.74 Å². The summed E-state index contributed by atoms with van der Waals surface area (Å²) in [5.41, 5.74) is 1.25. The predicted octanol–water partition coefficient (Wildman–Crippen LogP) is 3.97. The van der Waals surface area contributed by atoms with E-state index in [-0.39, 0.29) is 31.4 Å². The lowest BCUT2D eigenvalue weighted by Crippen LogP contribution is -2.34. The number of aliphatic hydroxyl groups is 1. The van der Waals surface area contributed by atoms with E-state index in [0.717, 1.165) is 11.1 Å². The van der Waals surface area contributed by atoms with Crippen molar-refractivity contribution in [3.05, 3.63) is 67.7 Å². The maximum Gasteiger partial charge on any atom is 0.414 e. The lowest BCUT2D eigenvalue weighted by molar-refractivity contribution is 0.0282. The zero-order valence-corrected chi connectivity index (χ0v) is 21.5. The Morgan fingerprint density at radius 1 is 1.28 bits per heavy atom. The summed E-state index contributed by atoms with van der Waals surface area (Å²) < 4.78 is 11.6. The molecule has 0 radical (unpaired) electrons. The molecule has 9 nitrogen and oxygen atoms in total. The normalized spacial score (nSPS) is 15.6. The highest BCUT2D eigenvalue weighted by atomic mass is 35.5. The smallest absolute Gasteiger partial charge is 0.414 e. The first-order valence-electron chi connectivity index (χ1n) is 11.2. The van der Waals surface area contributed by atoms with E-state index < -0.39 is 23.4 Å². The number of halogens is 1. The van der Waals surface area contributed by atoms with Crippen molar-refractivity contribution in [3.8, 4) is 16.9 Å². The van der Waals surface area contributed by atoms with E-state index in [9.17, 15) is 19.5 Å². The van der Waals surface area contributed by atoms with Gasteiger partial charge in [-0.3, -0.25) is 14.5 Å². The molecule has 1 saturated heterocycles. The molecule has 0 aliphatic carbocycles. The van der Waals surface area contributed by atoms with Gasteiger partial charge in [0.1, 0.15) is 12.7 Å². The summed E-state index contributed by atoms with van der Waals surface area (Å²) in [6.07, 6.45) is 0.514. The highest BCUT2D eigenvalue weighted by Crippen LogP contribution is 2.33. The molecular formula is C25H26ClN3O6S. The van der Waals surface area contributed by atoms with Gasteiger partial charge in [0.25, 0.3) is 11.5 Å². The summed E-state index contributed by atoms with van der Waals surface area (Å²) in [7, 11) is 0. The highest BCUT2D eigenvalue weighted by Gasteiger charge is 2.33. The molecule has 11 heteroatoms. The van der Waals surface area contributed by atoms with Crippen molar-refractivity contribution in [2.75, 3.05) is 24.6 Å². The largest absolute Gasteiger partial charge is 0.484 e. The number of hydrogen-bond donors (Lipinski definition) is 3. The lowest BCUT2D eigenvalue weighted by atomic mass is 9.99. The average molecular weight is 532 g/mol. The summed E-state index contributed by atoms with van der Waals surface area (Å²) in [5.74, 6) is -0.166. The quantitative estimate of drug-likeness (QED) is 0.404. The fourth-order valence-corrected chi connectivity index (χ4v) is 4.71. The van der Waals surface area contributed by atoms with Crippen LogP contribution < -0.4 is 20.5 Å². The van der Waals surface area contributed by atoms with Gasteiger partial charge in [0.15, 0.2) is 5.75 Å². The SMILES string of the molecule is Cc1cc(N2C[C@H](CNC(=O)c3ccc(Cl)s3)OC2=O)ccc1-c1cc[nH]c(=O)c1OCC(C)(C)O. The summed E-state index contributed by atoms with van der Waals surface area (Å²) in [5, 5.41) is 12.8. The van der Waals surface area contributed by atoms with Gasteiger partial charge in [0.2, 0.25) is 0 Å². The first-order valence-corrected chi connectivity index (χ1v) is 12.4. The van der Waals surface area contributed by atoms with Gasteiger partial charge in [-0.1, -0.05) is 17.7 Å². The molecule has 3 aromatic rings. The van der Waals surface area contributed by atoms with Crippen molar-refractivity contribution in [1.29, 1.82) is 0 Å². The van der Waals surface area contributed by atoms with Crippen LogP contribution in [0.2, 0.25) is 4.34 Å². The summed E-state index contributed by atoms with van der Waals surface area (Å²) >= 11 is 7.05. The molecule has 190 valence electrons. The first kappa shape index (κ1) is 25.7. The van der Waals surface area contributed by atoms with Crippen molar-refractivity contribution >= 4 is 40.6 Å². The molecule has 1 fully saturated rings. The Bertz CT molecular complexity index is 1350. The zero-order chi connectivity index (χ0) is 26.0. The number of ether oxygens (including phenoxy) is 2. The topological polar surface area (TPSA) is 121 Å². The second kappa shape index (κ2) is 10.3. The molecule has 36 heavy (non-hydrogen) atoms. The highest BCUT2D eigenvalue weighted by molar-refractivity contribution is 7.18. The van der Waals surface area contributed by atoms with Crippen molar-refractivity contribution < 1.29 is 24.2 Å². The molecule has 0 spiro atoms. The van der Waals surface area contributed by atoms with Crippen LogP contribution in [0.3, 0.4) is 0 Å². The number of pyridine rings is 1. The van der Waals surface area contributed by atoms with Crippen LogP contribution >= 0.6 is 22.9 Å². The van der Waals surface area contributed by atoms with E-state index in [4.69, 9.17) is 21.1 Å². The van der Waals surface area contributed by atoms with Gasteiger partial charge in [-0.2, -0.15) is 0 Å². The molecule has 0 saturated carbocycles. The number of thiophene rings is 1. The van der Waals surface area contributed by atoms with Gasteiger partial charge in [-0.25, -0.2) is 4.79 Å². The summed E-state index contributed by atoms with van der Waals surface area (Å²) in [6.45, 7) is 5.44. The van der Waals surface area contributed by atoms with E-state index in [1.54, 1.807) is 44.2 Å². The molecule has 1 aliphatic heterocycles.